The molecule has 0 bridgehead atoms. The molecule has 1 aliphatic rings. The van der Waals surface area contributed by atoms with Crippen LogP contribution < -0.4 is 5.73 Å². The Morgan fingerprint density at radius 3 is 2.83 bits per heavy atom. The molecule has 0 aliphatic carbocycles. The second kappa shape index (κ2) is 3.87. The first-order chi connectivity index (χ1) is 5.62. The smallest absolute Gasteiger partial charge is 0.268 e. The molecule has 1 aliphatic heterocycles. The van der Waals surface area contributed by atoms with E-state index in [1.807, 2.05) is 7.11 Å². The van der Waals surface area contributed by atoms with Crippen molar-refractivity contribution < 1.29 is 4.43 Å². The molecular weight excluding hydrogens is 168 g/mol. The van der Waals surface area contributed by atoms with E-state index in [9.17, 15) is 0 Å². The normalized spacial score (nSPS) is 37.5. The van der Waals surface area contributed by atoms with E-state index in [2.05, 4.69) is 18.0 Å². The van der Waals surface area contributed by atoms with Gasteiger partial charge in [-0.1, -0.05) is 6.92 Å². The van der Waals surface area contributed by atoms with Crippen LogP contribution in [0.1, 0.15) is 6.92 Å². The summed E-state index contributed by atoms with van der Waals surface area (Å²) in [4.78, 5) is 0. The van der Waals surface area contributed by atoms with Crippen molar-refractivity contribution in [3.8, 4) is 0 Å². The van der Waals surface area contributed by atoms with Gasteiger partial charge in [-0.2, -0.15) is 0 Å². The Morgan fingerprint density at radius 1 is 1.67 bits per heavy atom. The monoisotopic (exact) mass is 188 g/mol. The van der Waals surface area contributed by atoms with Crippen LogP contribution in [0.3, 0.4) is 0 Å². The fourth-order valence-corrected chi connectivity index (χ4v) is 5.51. The summed E-state index contributed by atoms with van der Waals surface area (Å²) in [5.41, 5.74) is 5.55. The maximum Gasteiger partial charge on any atom is 0.268 e. The van der Waals surface area contributed by atoms with Gasteiger partial charge >= 0.3 is 0 Å². The third-order valence-corrected chi connectivity index (χ3v) is 6.84. The molecular formula is C8H20N2OSi. The molecule has 1 fully saturated rings. The SMILES string of the molecule is CO[Si]1(C)C[C@@H](C)CN1CCN. The molecule has 2 atom stereocenters. The van der Waals surface area contributed by atoms with Gasteiger partial charge in [0.1, 0.15) is 0 Å². The maximum atomic E-state index is 5.64. The number of hydrogen-bond donors (Lipinski definition) is 1. The van der Waals surface area contributed by atoms with Gasteiger partial charge in [0.05, 0.1) is 0 Å². The Morgan fingerprint density at radius 2 is 2.33 bits per heavy atom. The lowest BCUT2D eigenvalue weighted by atomic mass is 10.2. The van der Waals surface area contributed by atoms with Gasteiger partial charge in [0.15, 0.2) is 0 Å². The van der Waals surface area contributed by atoms with Gasteiger partial charge in [-0.15, -0.1) is 0 Å². The van der Waals surface area contributed by atoms with Gasteiger partial charge in [0.2, 0.25) is 0 Å². The lowest BCUT2D eigenvalue weighted by molar-refractivity contribution is 0.316. The molecule has 0 amide bonds. The Hall–Kier alpha value is 0.0969. The van der Waals surface area contributed by atoms with Crippen molar-refractivity contribution in [3.05, 3.63) is 0 Å². The molecule has 1 rings (SSSR count). The van der Waals surface area contributed by atoms with Crippen LogP contribution in [0.2, 0.25) is 12.6 Å². The zero-order valence-corrected chi connectivity index (χ0v) is 9.34. The predicted octanol–water partition coefficient (Wildman–Crippen LogP) is 0.615. The molecule has 0 aromatic rings. The molecule has 3 nitrogen and oxygen atoms in total. The summed E-state index contributed by atoms with van der Waals surface area (Å²) in [5.74, 6) is 0.785. The topological polar surface area (TPSA) is 38.5 Å². The molecule has 0 aromatic heterocycles. The molecule has 0 aromatic carbocycles. The van der Waals surface area contributed by atoms with E-state index < -0.39 is 8.48 Å². The first-order valence-corrected chi connectivity index (χ1v) is 7.19. The van der Waals surface area contributed by atoms with Crippen molar-refractivity contribution in [1.29, 1.82) is 0 Å². The van der Waals surface area contributed by atoms with Crippen LogP contribution in [0.25, 0.3) is 0 Å². The van der Waals surface area contributed by atoms with Crippen molar-refractivity contribution in [3.63, 3.8) is 0 Å². The standard InChI is InChI=1S/C8H20N2OSi/c1-8-6-10(5-4-9)12(3,7-8)11-2/h8H,4-7,9H2,1-3H3/t8-,12?/m0/s1. The van der Waals surface area contributed by atoms with E-state index in [4.69, 9.17) is 10.2 Å². The van der Waals surface area contributed by atoms with Crippen LogP contribution in [-0.2, 0) is 4.43 Å². The van der Waals surface area contributed by atoms with Gasteiger partial charge < -0.3 is 14.7 Å². The van der Waals surface area contributed by atoms with Gasteiger partial charge in [-0.3, -0.25) is 0 Å². The lowest BCUT2D eigenvalue weighted by Crippen LogP contribution is -2.49. The molecule has 0 saturated carbocycles. The van der Waals surface area contributed by atoms with Gasteiger partial charge in [-0.05, 0) is 25.1 Å². The van der Waals surface area contributed by atoms with Crippen molar-refractivity contribution in [2.24, 2.45) is 11.7 Å². The van der Waals surface area contributed by atoms with Crippen LogP contribution in [0.4, 0.5) is 0 Å². The highest BCUT2D eigenvalue weighted by molar-refractivity contribution is 6.70. The van der Waals surface area contributed by atoms with Crippen LogP contribution in [0.5, 0.6) is 0 Å². The van der Waals surface area contributed by atoms with Crippen LogP contribution in [-0.4, -0.2) is 39.8 Å². The van der Waals surface area contributed by atoms with Crippen molar-refractivity contribution in [2.45, 2.75) is 19.5 Å². The number of nitrogens with zero attached hydrogens (tertiary/aromatic N) is 1. The molecule has 4 heteroatoms. The highest BCUT2D eigenvalue weighted by Crippen LogP contribution is 2.29. The molecule has 0 radical (unpaired) electrons. The van der Waals surface area contributed by atoms with Crippen molar-refractivity contribution in [2.75, 3.05) is 26.7 Å². The van der Waals surface area contributed by atoms with Crippen LogP contribution in [0.15, 0.2) is 0 Å². The average molecular weight is 188 g/mol. The largest absolute Gasteiger partial charge is 0.406 e. The van der Waals surface area contributed by atoms with E-state index >= 15 is 0 Å². The molecule has 0 spiro atoms. The van der Waals surface area contributed by atoms with E-state index in [1.165, 1.54) is 12.6 Å². The summed E-state index contributed by atoms with van der Waals surface area (Å²) in [6, 6.07) is 1.25. The summed E-state index contributed by atoms with van der Waals surface area (Å²) in [7, 11) is 0.321. The fourth-order valence-electron chi connectivity index (χ4n) is 2.11. The molecule has 12 heavy (non-hydrogen) atoms. The molecule has 1 saturated heterocycles. The lowest BCUT2D eigenvalue weighted by Gasteiger charge is -2.30. The molecule has 72 valence electrons. The first kappa shape index (κ1) is 10.2. The van der Waals surface area contributed by atoms with Crippen molar-refractivity contribution >= 4 is 8.48 Å². The maximum absolute atomic E-state index is 5.64. The molecule has 1 heterocycles. The highest BCUT2D eigenvalue weighted by atomic mass is 28.4. The summed E-state index contributed by atoms with van der Waals surface area (Å²) in [6.07, 6.45) is 0. The second-order valence-electron chi connectivity index (χ2n) is 3.92. The fraction of sp³-hybridized carbons (Fsp3) is 1.00. The van der Waals surface area contributed by atoms with Gasteiger partial charge in [-0.25, -0.2) is 0 Å². The molecule has 2 N–H and O–H groups in total. The Labute approximate surface area is 76.1 Å². The third-order valence-electron chi connectivity index (χ3n) is 2.77. The summed E-state index contributed by atoms with van der Waals surface area (Å²) >= 11 is 0. The van der Waals surface area contributed by atoms with Crippen LogP contribution >= 0.6 is 0 Å². The minimum atomic E-state index is -1.52. The summed E-state index contributed by atoms with van der Waals surface area (Å²) < 4.78 is 8.11. The number of rotatable bonds is 3. The summed E-state index contributed by atoms with van der Waals surface area (Å²) in [6.45, 7) is 7.50. The minimum absolute atomic E-state index is 0.749. The van der Waals surface area contributed by atoms with Gasteiger partial charge in [0.25, 0.3) is 8.48 Å². The highest BCUT2D eigenvalue weighted by Gasteiger charge is 2.43. The Balaban J connectivity index is 2.58. The quantitative estimate of drug-likeness (QED) is 0.660. The molecule has 1 unspecified atom stereocenters. The number of hydrogen-bond acceptors (Lipinski definition) is 3. The second-order valence-corrected chi connectivity index (χ2v) is 7.72. The van der Waals surface area contributed by atoms with Crippen molar-refractivity contribution in [1.82, 2.24) is 4.57 Å². The van der Waals surface area contributed by atoms with Crippen LogP contribution in [0, 0.1) is 5.92 Å². The Bertz CT molecular complexity index is 156. The van der Waals surface area contributed by atoms with E-state index in [0.717, 1.165) is 19.0 Å². The third kappa shape index (κ3) is 1.88. The minimum Gasteiger partial charge on any atom is -0.406 e. The van der Waals surface area contributed by atoms with Gasteiger partial charge in [0, 0.05) is 20.2 Å². The zero-order chi connectivity index (χ0) is 9.19. The first-order valence-electron chi connectivity index (χ1n) is 4.62. The zero-order valence-electron chi connectivity index (χ0n) is 8.34. The average Bonchev–Trinajstić information content (AvgIpc) is 2.29. The van der Waals surface area contributed by atoms with E-state index in [-0.39, 0.29) is 0 Å². The Kier molecular flexibility index (Phi) is 3.28. The predicted molar refractivity (Wildman–Crippen MR) is 53.2 cm³/mol. The summed E-state index contributed by atoms with van der Waals surface area (Å²) in [5, 5.41) is 0. The number of nitrogens with two attached hydrogens (primary N) is 1. The van der Waals surface area contributed by atoms with E-state index in [0.29, 0.717) is 0 Å². The van der Waals surface area contributed by atoms with E-state index in [1.54, 1.807) is 0 Å².